The van der Waals surface area contributed by atoms with Crippen molar-refractivity contribution in [2.45, 2.75) is 52.1 Å². The van der Waals surface area contributed by atoms with Crippen molar-refractivity contribution >= 4 is 12.2 Å². The van der Waals surface area contributed by atoms with Crippen molar-refractivity contribution in [2.24, 2.45) is 0 Å². The molecule has 1 heterocycles. The summed E-state index contributed by atoms with van der Waals surface area (Å²) in [5.74, 6) is -0.397. The van der Waals surface area contributed by atoms with E-state index in [2.05, 4.69) is 6.07 Å². The second-order valence-electron chi connectivity index (χ2n) is 7.41. The highest BCUT2D eigenvalue weighted by Gasteiger charge is 2.27. The fourth-order valence-electron chi connectivity index (χ4n) is 3.53. The van der Waals surface area contributed by atoms with Gasteiger partial charge in [-0.05, 0) is 47.1 Å². The van der Waals surface area contributed by atoms with Gasteiger partial charge in [-0.2, -0.15) is 0 Å². The minimum absolute atomic E-state index is 0.00345. The van der Waals surface area contributed by atoms with Gasteiger partial charge in [0.2, 0.25) is 0 Å². The second-order valence-corrected chi connectivity index (χ2v) is 7.41. The predicted octanol–water partition coefficient (Wildman–Crippen LogP) is 3.90. The first-order valence-corrected chi connectivity index (χ1v) is 9.30. The monoisotopic (exact) mass is 367 g/mol. The summed E-state index contributed by atoms with van der Waals surface area (Å²) in [5.41, 5.74) is 4.24. The average Bonchev–Trinajstić information content (AvgIpc) is 3.04. The number of fused-ring (bicyclic) bond motifs is 1. The van der Waals surface area contributed by atoms with Crippen LogP contribution in [0, 0.1) is 0 Å². The van der Waals surface area contributed by atoms with Gasteiger partial charge in [-0.15, -0.1) is 0 Å². The van der Waals surface area contributed by atoms with E-state index in [-0.39, 0.29) is 28.9 Å². The Morgan fingerprint density at radius 3 is 2.56 bits per heavy atom. The molecule has 27 heavy (non-hydrogen) atoms. The molecule has 0 atom stereocenters. The molecule has 0 saturated carbocycles. The number of amides is 1. The van der Waals surface area contributed by atoms with Gasteiger partial charge in [0.05, 0.1) is 5.56 Å². The lowest BCUT2D eigenvalue weighted by atomic mass is 9.98. The van der Waals surface area contributed by atoms with Crippen LogP contribution < -0.4 is 0 Å². The zero-order chi connectivity index (χ0) is 19.6. The van der Waals surface area contributed by atoms with Crippen LogP contribution in [0.15, 0.2) is 30.3 Å². The van der Waals surface area contributed by atoms with Gasteiger partial charge in [-0.3, -0.25) is 4.79 Å². The van der Waals surface area contributed by atoms with Crippen LogP contribution in [0.2, 0.25) is 0 Å². The Morgan fingerprint density at radius 1 is 1.11 bits per heavy atom. The molecule has 0 saturated heterocycles. The molecule has 2 aromatic rings. The summed E-state index contributed by atoms with van der Waals surface area (Å²) in [6.45, 7) is 4.85. The molecule has 0 bridgehead atoms. The third-order valence-electron chi connectivity index (χ3n) is 5.07. The number of unbranched alkanes of at least 4 members (excludes halogenated alkanes) is 1. The molecule has 5 heteroatoms. The van der Waals surface area contributed by atoms with Crippen LogP contribution in [0.1, 0.15) is 65.2 Å². The quantitative estimate of drug-likeness (QED) is 0.600. The molecule has 1 aliphatic heterocycles. The molecule has 0 fully saturated rings. The largest absolute Gasteiger partial charge is 0.508 e. The van der Waals surface area contributed by atoms with Gasteiger partial charge in [0.1, 0.15) is 17.8 Å². The number of phenolic OH excluding ortho intramolecular Hbond substituents is 2. The number of nitrogens with zero attached hydrogens (tertiary/aromatic N) is 1. The molecule has 0 aliphatic carbocycles. The van der Waals surface area contributed by atoms with Crippen molar-refractivity contribution in [2.75, 3.05) is 0 Å². The van der Waals surface area contributed by atoms with E-state index >= 15 is 0 Å². The van der Waals surface area contributed by atoms with Crippen molar-refractivity contribution < 1.29 is 19.8 Å². The van der Waals surface area contributed by atoms with Gasteiger partial charge in [0, 0.05) is 25.6 Å². The zero-order valence-corrected chi connectivity index (χ0v) is 15.7. The SMILES string of the molecule is CC(C)c1cc(C(=O)N2Cc3ccc(CCCC=O)cc3C2)c(O)cc1O. The Bertz CT molecular complexity index is 873. The van der Waals surface area contributed by atoms with Gasteiger partial charge < -0.3 is 19.9 Å². The number of aryl methyl sites for hydroxylation is 1. The van der Waals surface area contributed by atoms with E-state index in [9.17, 15) is 19.8 Å². The van der Waals surface area contributed by atoms with E-state index < -0.39 is 0 Å². The van der Waals surface area contributed by atoms with Crippen LogP contribution in [-0.2, 0) is 24.3 Å². The summed E-state index contributed by atoms with van der Waals surface area (Å²) in [6, 6.07) is 9.02. The minimum Gasteiger partial charge on any atom is -0.508 e. The van der Waals surface area contributed by atoms with Crippen LogP contribution in [0.5, 0.6) is 11.5 Å². The fourth-order valence-corrected chi connectivity index (χ4v) is 3.53. The van der Waals surface area contributed by atoms with Gasteiger partial charge in [-0.1, -0.05) is 32.0 Å². The molecular weight excluding hydrogens is 342 g/mol. The maximum atomic E-state index is 13.0. The summed E-state index contributed by atoms with van der Waals surface area (Å²) in [7, 11) is 0. The molecule has 0 unspecified atom stereocenters. The molecule has 0 radical (unpaired) electrons. The molecule has 0 aromatic heterocycles. The maximum Gasteiger partial charge on any atom is 0.258 e. The van der Waals surface area contributed by atoms with Crippen LogP contribution in [-0.4, -0.2) is 27.3 Å². The van der Waals surface area contributed by atoms with Crippen molar-refractivity contribution in [3.8, 4) is 11.5 Å². The van der Waals surface area contributed by atoms with Crippen LogP contribution in [0.4, 0.5) is 0 Å². The molecule has 142 valence electrons. The van der Waals surface area contributed by atoms with E-state index in [1.165, 1.54) is 11.6 Å². The maximum absolute atomic E-state index is 13.0. The Morgan fingerprint density at radius 2 is 1.85 bits per heavy atom. The third-order valence-corrected chi connectivity index (χ3v) is 5.07. The summed E-state index contributed by atoms with van der Waals surface area (Å²) < 4.78 is 0. The number of aromatic hydroxyl groups is 2. The first-order chi connectivity index (χ1) is 12.9. The fraction of sp³-hybridized carbons (Fsp3) is 0.364. The predicted molar refractivity (Wildman–Crippen MR) is 103 cm³/mol. The lowest BCUT2D eigenvalue weighted by molar-refractivity contribution is -0.107. The first-order valence-electron chi connectivity index (χ1n) is 9.30. The Balaban J connectivity index is 1.79. The number of benzene rings is 2. The first kappa shape index (κ1) is 19.0. The Labute approximate surface area is 159 Å². The van der Waals surface area contributed by atoms with E-state index in [0.717, 1.165) is 30.3 Å². The second kappa shape index (κ2) is 7.82. The van der Waals surface area contributed by atoms with E-state index in [1.807, 2.05) is 26.0 Å². The number of phenols is 2. The summed E-state index contributed by atoms with van der Waals surface area (Å²) in [4.78, 5) is 25.1. The summed E-state index contributed by atoms with van der Waals surface area (Å²) >= 11 is 0. The lowest BCUT2D eigenvalue weighted by Crippen LogP contribution is -2.25. The van der Waals surface area contributed by atoms with Gasteiger partial charge >= 0.3 is 0 Å². The topological polar surface area (TPSA) is 77.8 Å². The Kier molecular flexibility index (Phi) is 5.49. The molecule has 0 spiro atoms. The number of carbonyl (C=O) groups is 2. The molecule has 3 rings (SSSR count). The highest BCUT2D eigenvalue weighted by Crippen LogP contribution is 2.34. The van der Waals surface area contributed by atoms with Crippen molar-refractivity contribution in [1.82, 2.24) is 4.90 Å². The molecule has 2 N–H and O–H groups in total. The minimum atomic E-state index is -0.242. The normalized spacial score (nSPS) is 13.1. The number of hydrogen-bond acceptors (Lipinski definition) is 4. The van der Waals surface area contributed by atoms with Crippen molar-refractivity contribution in [3.05, 3.63) is 58.1 Å². The number of hydrogen-bond donors (Lipinski definition) is 2. The molecular formula is C22H25NO4. The molecule has 1 amide bonds. The van der Waals surface area contributed by atoms with Crippen molar-refractivity contribution in [3.63, 3.8) is 0 Å². The molecule has 1 aliphatic rings. The summed E-state index contributed by atoms with van der Waals surface area (Å²) in [6.07, 6.45) is 3.16. The Hall–Kier alpha value is -2.82. The number of aldehydes is 1. The molecule has 2 aromatic carbocycles. The van der Waals surface area contributed by atoms with Gasteiger partial charge in [0.25, 0.3) is 5.91 Å². The van der Waals surface area contributed by atoms with E-state index in [0.29, 0.717) is 25.1 Å². The smallest absolute Gasteiger partial charge is 0.258 e. The van der Waals surface area contributed by atoms with Crippen molar-refractivity contribution in [1.29, 1.82) is 0 Å². The van der Waals surface area contributed by atoms with Gasteiger partial charge in [0.15, 0.2) is 0 Å². The highest BCUT2D eigenvalue weighted by molar-refractivity contribution is 5.97. The zero-order valence-electron chi connectivity index (χ0n) is 15.7. The van der Waals surface area contributed by atoms with E-state index in [1.54, 1.807) is 11.0 Å². The highest BCUT2D eigenvalue weighted by atomic mass is 16.3. The van der Waals surface area contributed by atoms with Gasteiger partial charge in [-0.25, -0.2) is 0 Å². The molecule has 5 nitrogen and oxygen atoms in total. The number of carbonyl (C=O) groups excluding carboxylic acids is 2. The standard InChI is InChI=1S/C22H25NO4/c1-14(2)18-10-19(21(26)11-20(18)25)22(27)23-12-16-7-6-15(5-3-4-8-24)9-17(16)13-23/h6-11,14,25-26H,3-5,12-13H2,1-2H3. The lowest BCUT2D eigenvalue weighted by Gasteiger charge is -2.18. The van der Waals surface area contributed by atoms with Crippen LogP contribution in [0.25, 0.3) is 0 Å². The third kappa shape index (κ3) is 3.97. The van der Waals surface area contributed by atoms with Crippen LogP contribution >= 0.6 is 0 Å². The van der Waals surface area contributed by atoms with E-state index in [4.69, 9.17) is 0 Å². The number of rotatable bonds is 6. The average molecular weight is 367 g/mol. The summed E-state index contributed by atoms with van der Waals surface area (Å²) in [5, 5.41) is 20.2. The van der Waals surface area contributed by atoms with Crippen LogP contribution in [0.3, 0.4) is 0 Å².